The first-order valence-electron chi connectivity index (χ1n) is 10.2. The Morgan fingerprint density at radius 2 is 2.14 bits per heavy atom. The zero-order valence-corrected chi connectivity index (χ0v) is 17.1. The molecule has 0 aromatic carbocycles. The molecule has 0 atom stereocenters. The van der Waals surface area contributed by atoms with Crippen molar-refractivity contribution < 1.29 is 14.3 Å². The molecule has 2 heterocycles. The molecule has 3 rings (SSSR count). The Hall–Kier alpha value is -2.96. The quantitative estimate of drug-likeness (QED) is 0.545. The maximum atomic E-state index is 12.6. The fraction of sp³-hybridized carbons (Fsp3) is 0.455. The Balaban J connectivity index is 1.55. The van der Waals surface area contributed by atoms with E-state index in [4.69, 9.17) is 4.74 Å². The van der Waals surface area contributed by atoms with Crippen molar-refractivity contribution in [1.82, 2.24) is 20.1 Å². The summed E-state index contributed by atoms with van der Waals surface area (Å²) in [5.41, 5.74) is 2.46. The van der Waals surface area contributed by atoms with Crippen molar-refractivity contribution in [3.05, 3.63) is 53.5 Å². The maximum Gasteiger partial charge on any atom is 0.342 e. The second kappa shape index (κ2) is 10.0. The molecule has 1 aliphatic rings. The number of nitrogens with zero attached hydrogens (tertiary/aromatic N) is 3. The molecule has 2 aromatic heterocycles. The number of rotatable bonds is 8. The number of allylic oxidation sites excluding steroid dienone is 1. The molecule has 0 bridgehead atoms. The first-order chi connectivity index (χ1) is 14.1. The number of hydrogen-bond acceptors (Lipinski definition) is 5. The largest absolute Gasteiger partial charge is 0.452 e. The number of carbonyl (C=O) groups excluding carboxylic acids is 2. The van der Waals surface area contributed by atoms with Crippen molar-refractivity contribution in [3.63, 3.8) is 0 Å². The molecule has 0 spiro atoms. The lowest BCUT2D eigenvalue weighted by Crippen LogP contribution is -2.30. The molecule has 0 saturated carbocycles. The Morgan fingerprint density at radius 3 is 2.83 bits per heavy atom. The standard InChI is InChI=1S/C22H28N4O3/c1-16(2)21-18(14-25-26(21)19-10-6-7-12-23-19)22(28)29-15-20(27)24-13-11-17-8-4-3-5-9-17/h6-8,10,12,14,16H,3-5,9,11,13,15H2,1-2H3,(H,24,27). The van der Waals surface area contributed by atoms with E-state index in [1.807, 2.05) is 32.0 Å². The van der Waals surface area contributed by atoms with E-state index in [9.17, 15) is 9.59 Å². The zero-order chi connectivity index (χ0) is 20.6. The van der Waals surface area contributed by atoms with Gasteiger partial charge in [-0.05, 0) is 50.2 Å². The van der Waals surface area contributed by atoms with Crippen LogP contribution in [0.15, 0.2) is 42.2 Å². The third kappa shape index (κ3) is 5.53. The molecule has 1 aliphatic carbocycles. The lowest BCUT2D eigenvalue weighted by atomic mass is 9.97. The van der Waals surface area contributed by atoms with Crippen molar-refractivity contribution >= 4 is 11.9 Å². The topological polar surface area (TPSA) is 86.1 Å². The van der Waals surface area contributed by atoms with E-state index >= 15 is 0 Å². The van der Waals surface area contributed by atoms with Gasteiger partial charge >= 0.3 is 5.97 Å². The lowest BCUT2D eigenvalue weighted by Gasteiger charge is -2.13. The summed E-state index contributed by atoms with van der Waals surface area (Å²) in [6.45, 7) is 4.21. The summed E-state index contributed by atoms with van der Waals surface area (Å²) in [7, 11) is 0. The highest BCUT2D eigenvalue weighted by Gasteiger charge is 2.23. The summed E-state index contributed by atoms with van der Waals surface area (Å²) in [5.74, 6) is -0.191. The molecule has 1 amide bonds. The minimum absolute atomic E-state index is 0.0275. The van der Waals surface area contributed by atoms with E-state index in [0.29, 0.717) is 23.6 Å². The van der Waals surface area contributed by atoms with Crippen LogP contribution >= 0.6 is 0 Å². The number of esters is 1. The van der Waals surface area contributed by atoms with E-state index in [1.165, 1.54) is 24.6 Å². The van der Waals surface area contributed by atoms with Crippen LogP contribution in [0.25, 0.3) is 5.82 Å². The van der Waals surface area contributed by atoms with Gasteiger partial charge in [0.1, 0.15) is 5.56 Å². The highest BCUT2D eigenvalue weighted by atomic mass is 16.5. The van der Waals surface area contributed by atoms with Crippen molar-refractivity contribution in [2.45, 2.75) is 51.9 Å². The van der Waals surface area contributed by atoms with Gasteiger partial charge in [-0.1, -0.05) is 31.6 Å². The lowest BCUT2D eigenvalue weighted by molar-refractivity contribution is -0.124. The van der Waals surface area contributed by atoms with Crippen LogP contribution in [0.4, 0.5) is 0 Å². The number of ether oxygens (including phenoxy) is 1. The Labute approximate surface area is 171 Å². The Bertz CT molecular complexity index is 871. The van der Waals surface area contributed by atoms with Gasteiger partial charge in [-0.15, -0.1) is 0 Å². The summed E-state index contributed by atoms with van der Waals surface area (Å²) in [6.07, 6.45) is 11.0. The van der Waals surface area contributed by atoms with Crippen LogP contribution in [0.2, 0.25) is 0 Å². The van der Waals surface area contributed by atoms with Crippen molar-refractivity contribution in [1.29, 1.82) is 0 Å². The minimum atomic E-state index is -0.555. The maximum absolute atomic E-state index is 12.6. The van der Waals surface area contributed by atoms with Gasteiger partial charge in [0.25, 0.3) is 5.91 Å². The molecule has 0 saturated heterocycles. The normalized spacial score (nSPS) is 13.8. The van der Waals surface area contributed by atoms with Gasteiger partial charge in [0.2, 0.25) is 0 Å². The third-order valence-corrected chi connectivity index (χ3v) is 4.93. The van der Waals surface area contributed by atoms with E-state index in [1.54, 1.807) is 10.9 Å². The van der Waals surface area contributed by atoms with Crippen LogP contribution in [0.5, 0.6) is 0 Å². The number of pyridine rings is 1. The van der Waals surface area contributed by atoms with Crippen LogP contribution < -0.4 is 5.32 Å². The van der Waals surface area contributed by atoms with Gasteiger partial charge in [0.05, 0.1) is 11.9 Å². The molecule has 0 unspecified atom stereocenters. The van der Waals surface area contributed by atoms with E-state index in [-0.39, 0.29) is 18.4 Å². The Morgan fingerprint density at radius 1 is 1.28 bits per heavy atom. The average molecular weight is 396 g/mol. The highest BCUT2D eigenvalue weighted by Crippen LogP contribution is 2.23. The molecule has 0 fully saturated rings. The van der Waals surface area contributed by atoms with Crippen molar-refractivity contribution in [3.8, 4) is 5.82 Å². The molecular formula is C22H28N4O3. The predicted molar refractivity (Wildman–Crippen MR) is 110 cm³/mol. The molecule has 0 aliphatic heterocycles. The summed E-state index contributed by atoms with van der Waals surface area (Å²) in [6, 6.07) is 5.50. The van der Waals surface area contributed by atoms with E-state index in [0.717, 1.165) is 19.3 Å². The number of nitrogens with one attached hydrogen (secondary N) is 1. The molecule has 2 aromatic rings. The molecule has 29 heavy (non-hydrogen) atoms. The number of hydrogen-bond donors (Lipinski definition) is 1. The van der Waals surface area contributed by atoms with Crippen molar-refractivity contribution in [2.75, 3.05) is 13.2 Å². The van der Waals surface area contributed by atoms with Gasteiger partial charge in [-0.25, -0.2) is 14.5 Å². The summed E-state index contributed by atoms with van der Waals surface area (Å²) < 4.78 is 6.87. The van der Waals surface area contributed by atoms with Gasteiger partial charge in [-0.3, -0.25) is 4.79 Å². The van der Waals surface area contributed by atoms with Gasteiger partial charge in [-0.2, -0.15) is 5.10 Å². The van der Waals surface area contributed by atoms with Gasteiger partial charge in [0.15, 0.2) is 12.4 Å². The van der Waals surface area contributed by atoms with Crippen LogP contribution in [-0.4, -0.2) is 39.8 Å². The fourth-order valence-electron chi connectivity index (χ4n) is 3.49. The smallest absolute Gasteiger partial charge is 0.342 e. The molecular weight excluding hydrogens is 368 g/mol. The van der Waals surface area contributed by atoms with E-state index in [2.05, 4.69) is 21.5 Å². The third-order valence-electron chi connectivity index (χ3n) is 4.93. The number of aromatic nitrogens is 3. The summed E-state index contributed by atoms with van der Waals surface area (Å²) >= 11 is 0. The Kier molecular flexibility index (Phi) is 7.16. The molecule has 0 radical (unpaired) electrons. The van der Waals surface area contributed by atoms with Gasteiger partial charge in [0, 0.05) is 12.7 Å². The first kappa shape index (κ1) is 20.8. The van der Waals surface area contributed by atoms with Crippen LogP contribution in [0, 0.1) is 0 Å². The summed E-state index contributed by atoms with van der Waals surface area (Å²) in [5, 5.41) is 7.12. The monoisotopic (exact) mass is 396 g/mol. The predicted octanol–water partition coefficient (Wildman–Crippen LogP) is 3.55. The van der Waals surface area contributed by atoms with E-state index < -0.39 is 5.97 Å². The van der Waals surface area contributed by atoms with Crippen LogP contribution in [-0.2, 0) is 9.53 Å². The second-order valence-electron chi connectivity index (χ2n) is 7.48. The molecule has 154 valence electrons. The molecule has 7 nitrogen and oxygen atoms in total. The minimum Gasteiger partial charge on any atom is -0.452 e. The fourth-order valence-corrected chi connectivity index (χ4v) is 3.49. The van der Waals surface area contributed by atoms with Gasteiger partial charge < -0.3 is 10.1 Å². The van der Waals surface area contributed by atoms with Crippen molar-refractivity contribution in [2.24, 2.45) is 0 Å². The highest BCUT2D eigenvalue weighted by molar-refractivity contribution is 5.92. The SMILES string of the molecule is CC(C)c1c(C(=O)OCC(=O)NCCC2=CCCCC2)cnn1-c1ccccn1. The average Bonchev–Trinajstić information content (AvgIpc) is 3.19. The zero-order valence-electron chi connectivity index (χ0n) is 17.1. The number of amides is 1. The molecule has 1 N–H and O–H groups in total. The number of carbonyl (C=O) groups is 2. The second-order valence-corrected chi connectivity index (χ2v) is 7.48. The van der Waals surface area contributed by atoms with Crippen LogP contribution in [0.1, 0.15) is 67.9 Å². The van der Waals surface area contributed by atoms with Crippen LogP contribution in [0.3, 0.4) is 0 Å². The first-order valence-corrected chi connectivity index (χ1v) is 10.2. The molecule has 7 heteroatoms. The summed E-state index contributed by atoms with van der Waals surface area (Å²) in [4.78, 5) is 28.9.